The van der Waals surface area contributed by atoms with Gasteiger partial charge in [-0.3, -0.25) is 0 Å². The van der Waals surface area contributed by atoms with Crippen molar-refractivity contribution in [3.05, 3.63) is 0 Å². The van der Waals surface area contributed by atoms with Gasteiger partial charge in [0.25, 0.3) is 0 Å². The van der Waals surface area contributed by atoms with Crippen LogP contribution < -0.4 is 0 Å². The molecule has 1 rings (SSSR count). The first-order chi connectivity index (χ1) is 7.39. The van der Waals surface area contributed by atoms with E-state index in [0.717, 1.165) is 19.3 Å². The number of hydrogen-bond acceptors (Lipinski definition) is 4. The first kappa shape index (κ1) is 12.8. The lowest BCUT2D eigenvalue weighted by atomic mass is 9.66. The number of rotatable bonds is 3. The summed E-state index contributed by atoms with van der Waals surface area (Å²) >= 11 is 0. The van der Waals surface area contributed by atoms with Gasteiger partial charge in [0.15, 0.2) is 0 Å². The molecule has 1 saturated carbocycles. The highest BCUT2D eigenvalue weighted by Crippen LogP contribution is 2.57. The van der Waals surface area contributed by atoms with Crippen LogP contribution in [-0.2, 0) is 9.59 Å². The summed E-state index contributed by atoms with van der Waals surface area (Å²) in [5.41, 5.74) is -1.29. The van der Waals surface area contributed by atoms with Crippen molar-refractivity contribution < 1.29 is 9.59 Å². The highest BCUT2D eigenvalue weighted by atomic mass is 16.1. The SMILES string of the molecule is CCC1(N=C=O)CCC(C)(N=C=O)C1(C)C. The summed E-state index contributed by atoms with van der Waals surface area (Å²) in [6.07, 6.45) is 5.57. The Morgan fingerprint density at radius 3 is 2.06 bits per heavy atom. The topological polar surface area (TPSA) is 58.9 Å². The van der Waals surface area contributed by atoms with Crippen molar-refractivity contribution >= 4 is 12.2 Å². The van der Waals surface area contributed by atoms with E-state index in [1.165, 1.54) is 0 Å². The Morgan fingerprint density at radius 2 is 1.62 bits per heavy atom. The van der Waals surface area contributed by atoms with Gasteiger partial charge in [-0.1, -0.05) is 20.8 Å². The van der Waals surface area contributed by atoms with Crippen molar-refractivity contribution in [2.24, 2.45) is 15.4 Å². The Hall–Kier alpha value is -1.24. The van der Waals surface area contributed by atoms with Gasteiger partial charge < -0.3 is 0 Å². The zero-order chi connectivity index (χ0) is 12.4. The predicted octanol–water partition coefficient (Wildman–Crippen LogP) is 2.39. The van der Waals surface area contributed by atoms with E-state index in [1.807, 2.05) is 27.7 Å². The van der Waals surface area contributed by atoms with Gasteiger partial charge in [0.05, 0.1) is 11.1 Å². The van der Waals surface area contributed by atoms with E-state index < -0.39 is 11.1 Å². The summed E-state index contributed by atoms with van der Waals surface area (Å²) in [6, 6.07) is 0. The van der Waals surface area contributed by atoms with Crippen LogP contribution in [0.2, 0.25) is 0 Å². The van der Waals surface area contributed by atoms with Crippen molar-refractivity contribution in [1.29, 1.82) is 0 Å². The molecular weight excluding hydrogens is 204 g/mol. The molecule has 4 heteroatoms. The molecule has 0 amide bonds. The third-order valence-corrected chi connectivity index (χ3v) is 4.67. The third-order valence-electron chi connectivity index (χ3n) is 4.67. The fraction of sp³-hybridized carbons (Fsp3) is 0.833. The Balaban J connectivity index is 3.31. The van der Waals surface area contributed by atoms with Crippen LogP contribution in [0.1, 0.15) is 47.0 Å². The number of carbonyl (C=O) groups excluding carboxylic acids is 2. The first-order valence-corrected chi connectivity index (χ1v) is 5.57. The second-order valence-electron chi connectivity index (χ2n) is 5.19. The van der Waals surface area contributed by atoms with Crippen molar-refractivity contribution in [1.82, 2.24) is 0 Å². The van der Waals surface area contributed by atoms with Gasteiger partial charge in [-0.25, -0.2) is 9.59 Å². The van der Waals surface area contributed by atoms with Gasteiger partial charge in [0.1, 0.15) is 0 Å². The molecule has 0 aromatic carbocycles. The highest BCUT2D eigenvalue weighted by molar-refractivity contribution is 5.40. The van der Waals surface area contributed by atoms with Crippen LogP contribution in [0.15, 0.2) is 9.98 Å². The second-order valence-corrected chi connectivity index (χ2v) is 5.19. The molecule has 0 bridgehead atoms. The maximum Gasteiger partial charge on any atom is 0.235 e. The summed E-state index contributed by atoms with van der Waals surface area (Å²) in [4.78, 5) is 29.0. The zero-order valence-corrected chi connectivity index (χ0v) is 10.3. The van der Waals surface area contributed by atoms with E-state index in [4.69, 9.17) is 0 Å². The fourth-order valence-corrected chi connectivity index (χ4v) is 2.85. The van der Waals surface area contributed by atoms with Crippen LogP contribution in [-0.4, -0.2) is 23.2 Å². The normalized spacial score (nSPS) is 36.2. The van der Waals surface area contributed by atoms with E-state index in [0.29, 0.717) is 0 Å². The molecule has 0 aromatic heterocycles. The molecule has 2 unspecified atom stereocenters. The van der Waals surface area contributed by atoms with Crippen molar-refractivity contribution in [3.63, 3.8) is 0 Å². The Bertz CT molecular complexity index is 378. The van der Waals surface area contributed by atoms with E-state index in [2.05, 4.69) is 9.98 Å². The molecule has 1 aliphatic carbocycles. The molecule has 0 aromatic rings. The van der Waals surface area contributed by atoms with E-state index in [9.17, 15) is 9.59 Å². The van der Waals surface area contributed by atoms with Crippen LogP contribution in [0.4, 0.5) is 0 Å². The van der Waals surface area contributed by atoms with Gasteiger partial charge in [-0.15, -0.1) is 0 Å². The van der Waals surface area contributed by atoms with Gasteiger partial charge >= 0.3 is 0 Å². The van der Waals surface area contributed by atoms with Crippen molar-refractivity contribution in [2.75, 3.05) is 0 Å². The van der Waals surface area contributed by atoms with Crippen LogP contribution in [0, 0.1) is 5.41 Å². The summed E-state index contributed by atoms with van der Waals surface area (Å²) in [5.74, 6) is 0. The van der Waals surface area contributed by atoms with Crippen LogP contribution in [0.3, 0.4) is 0 Å². The van der Waals surface area contributed by atoms with Gasteiger partial charge in [-0.2, -0.15) is 9.98 Å². The summed E-state index contributed by atoms with van der Waals surface area (Å²) in [6.45, 7) is 7.94. The zero-order valence-electron chi connectivity index (χ0n) is 10.3. The molecule has 0 aliphatic heterocycles. The molecule has 0 spiro atoms. The van der Waals surface area contributed by atoms with Crippen LogP contribution in [0.25, 0.3) is 0 Å². The van der Waals surface area contributed by atoms with E-state index >= 15 is 0 Å². The Labute approximate surface area is 95.9 Å². The lowest BCUT2D eigenvalue weighted by Gasteiger charge is -2.42. The lowest BCUT2D eigenvalue weighted by Crippen LogP contribution is -2.48. The predicted molar refractivity (Wildman–Crippen MR) is 60.7 cm³/mol. The standard InChI is InChI=1S/C12H18N2O2/c1-5-12(14-9-16)7-6-11(4,13-8-15)10(12,2)3/h5-7H2,1-4H3. The fourth-order valence-electron chi connectivity index (χ4n) is 2.85. The monoisotopic (exact) mass is 222 g/mol. The molecule has 0 N–H and O–H groups in total. The summed E-state index contributed by atoms with van der Waals surface area (Å²) in [7, 11) is 0. The lowest BCUT2D eigenvalue weighted by molar-refractivity contribution is 0.133. The minimum Gasteiger partial charge on any atom is -0.211 e. The number of isocyanates is 2. The number of nitrogens with zero attached hydrogens (tertiary/aromatic N) is 2. The first-order valence-electron chi connectivity index (χ1n) is 5.57. The van der Waals surface area contributed by atoms with Crippen molar-refractivity contribution in [2.45, 2.75) is 58.0 Å². The Kier molecular flexibility index (Phi) is 3.18. The molecule has 0 saturated heterocycles. The highest BCUT2D eigenvalue weighted by Gasteiger charge is 2.60. The smallest absolute Gasteiger partial charge is 0.211 e. The van der Waals surface area contributed by atoms with E-state index in [1.54, 1.807) is 12.2 Å². The molecular formula is C12H18N2O2. The molecule has 0 radical (unpaired) electrons. The average Bonchev–Trinajstić information content (AvgIpc) is 2.41. The molecule has 1 fully saturated rings. The average molecular weight is 222 g/mol. The maximum atomic E-state index is 10.6. The summed E-state index contributed by atoms with van der Waals surface area (Å²) < 4.78 is 0. The second kappa shape index (κ2) is 3.97. The largest absolute Gasteiger partial charge is 0.235 e. The number of aliphatic imine (C=N–C) groups is 2. The van der Waals surface area contributed by atoms with Gasteiger partial charge in [-0.05, 0) is 26.2 Å². The number of hydrogen-bond donors (Lipinski definition) is 0. The minimum absolute atomic E-state index is 0.344. The molecule has 88 valence electrons. The minimum atomic E-state index is -0.495. The Morgan fingerprint density at radius 1 is 1.06 bits per heavy atom. The van der Waals surface area contributed by atoms with Gasteiger partial charge in [0.2, 0.25) is 12.2 Å². The molecule has 2 atom stereocenters. The van der Waals surface area contributed by atoms with E-state index in [-0.39, 0.29) is 5.41 Å². The van der Waals surface area contributed by atoms with Gasteiger partial charge in [0, 0.05) is 5.41 Å². The molecule has 1 aliphatic rings. The van der Waals surface area contributed by atoms with Crippen LogP contribution in [0.5, 0.6) is 0 Å². The summed E-state index contributed by atoms with van der Waals surface area (Å²) in [5, 5.41) is 0. The molecule has 4 nitrogen and oxygen atoms in total. The third kappa shape index (κ3) is 1.46. The molecule has 16 heavy (non-hydrogen) atoms. The molecule has 0 heterocycles. The van der Waals surface area contributed by atoms with Crippen molar-refractivity contribution in [3.8, 4) is 0 Å². The quantitative estimate of drug-likeness (QED) is 0.543. The van der Waals surface area contributed by atoms with Crippen LogP contribution >= 0.6 is 0 Å². The maximum absolute atomic E-state index is 10.6.